The summed E-state index contributed by atoms with van der Waals surface area (Å²) in [5, 5.41) is 5.06. The Kier molecular flexibility index (Phi) is 8.51. The number of nitrogens with zero attached hydrogens (tertiary/aromatic N) is 1. The van der Waals surface area contributed by atoms with Gasteiger partial charge in [-0.3, -0.25) is 19.2 Å². The fourth-order valence-electron chi connectivity index (χ4n) is 3.38. The molecule has 0 saturated carbocycles. The van der Waals surface area contributed by atoms with Gasteiger partial charge in [-0.2, -0.15) is 0 Å². The van der Waals surface area contributed by atoms with Gasteiger partial charge in [0.15, 0.2) is 5.82 Å². The molecule has 0 fully saturated rings. The molecule has 0 spiro atoms. The number of hydrogen-bond donors (Lipinski definition) is 3. The number of aromatic nitrogens is 2. The Morgan fingerprint density at radius 1 is 0.946 bits per heavy atom. The second-order valence-corrected chi connectivity index (χ2v) is 8.36. The quantitative estimate of drug-likeness (QED) is 0.369. The standard InChI is InChI=1S/C26H26N4O7/c1-26(2,25(35)36-3)37-19(31)15-28-24(34)21-27-14-18(23(33)30-21)22(32)29-20(16-10-6-4-7-11-16)17-12-8-5-9-13-17/h4-14,20H,15H2,1-3H3,(H,28,34)(H,29,32)(H,27,30,33). The molecule has 0 bridgehead atoms. The highest BCUT2D eigenvalue weighted by atomic mass is 16.6. The van der Waals surface area contributed by atoms with Crippen molar-refractivity contribution in [2.24, 2.45) is 0 Å². The van der Waals surface area contributed by atoms with E-state index in [1.54, 1.807) is 0 Å². The molecule has 2 amide bonds. The monoisotopic (exact) mass is 506 g/mol. The number of carbonyl (C=O) groups excluding carboxylic acids is 4. The Morgan fingerprint density at radius 2 is 1.51 bits per heavy atom. The largest absolute Gasteiger partial charge is 0.466 e. The number of hydrogen-bond acceptors (Lipinski definition) is 8. The van der Waals surface area contributed by atoms with E-state index in [9.17, 15) is 24.0 Å². The number of ether oxygens (including phenoxy) is 2. The van der Waals surface area contributed by atoms with Gasteiger partial charge in [-0.05, 0) is 25.0 Å². The highest BCUT2D eigenvalue weighted by Crippen LogP contribution is 2.22. The summed E-state index contributed by atoms with van der Waals surface area (Å²) >= 11 is 0. The van der Waals surface area contributed by atoms with E-state index in [1.165, 1.54) is 13.8 Å². The highest BCUT2D eigenvalue weighted by Gasteiger charge is 2.33. The molecule has 0 saturated heterocycles. The van der Waals surface area contributed by atoms with Crippen LogP contribution in [0.3, 0.4) is 0 Å². The van der Waals surface area contributed by atoms with Crippen LogP contribution in [0.4, 0.5) is 0 Å². The zero-order valence-electron chi connectivity index (χ0n) is 20.4. The summed E-state index contributed by atoms with van der Waals surface area (Å²) < 4.78 is 9.53. The van der Waals surface area contributed by atoms with Crippen molar-refractivity contribution in [3.8, 4) is 0 Å². The molecule has 2 aromatic carbocycles. The van der Waals surface area contributed by atoms with Gasteiger partial charge in [-0.1, -0.05) is 60.7 Å². The van der Waals surface area contributed by atoms with Crippen LogP contribution in [0.2, 0.25) is 0 Å². The molecule has 0 radical (unpaired) electrons. The number of H-pyrrole nitrogens is 1. The van der Waals surface area contributed by atoms with Crippen LogP contribution in [-0.2, 0) is 19.1 Å². The Morgan fingerprint density at radius 3 is 2.03 bits per heavy atom. The minimum atomic E-state index is -1.55. The van der Waals surface area contributed by atoms with E-state index in [1.807, 2.05) is 60.7 Å². The van der Waals surface area contributed by atoms with Gasteiger partial charge in [0.25, 0.3) is 17.4 Å². The van der Waals surface area contributed by atoms with Crippen LogP contribution in [-0.4, -0.2) is 53.0 Å². The van der Waals surface area contributed by atoms with Crippen LogP contribution in [0.5, 0.6) is 0 Å². The first kappa shape index (κ1) is 26.8. The minimum absolute atomic E-state index is 0.298. The molecule has 37 heavy (non-hydrogen) atoms. The predicted octanol–water partition coefficient (Wildman–Crippen LogP) is 1.51. The molecule has 11 heteroatoms. The smallest absolute Gasteiger partial charge is 0.349 e. The fraction of sp³-hybridized carbons (Fsp3) is 0.231. The average molecular weight is 507 g/mol. The summed E-state index contributed by atoms with van der Waals surface area (Å²) in [6.45, 7) is 2.07. The second-order valence-electron chi connectivity index (χ2n) is 8.36. The van der Waals surface area contributed by atoms with Crippen molar-refractivity contribution >= 4 is 23.8 Å². The molecule has 0 atom stereocenters. The number of aromatic amines is 1. The van der Waals surface area contributed by atoms with E-state index in [4.69, 9.17) is 4.74 Å². The first-order chi connectivity index (χ1) is 17.6. The van der Waals surface area contributed by atoms with E-state index in [0.717, 1.165) is 24.4 Å². The van der Waals surface area contributed by atoms with Gasteiger partial charge in [0.05, 0.1) is 13.2 Å². The number of esters is 2. The van der Waals surface area contributed by atoms with E-state index in [2.05, 4.69) is 25.3 Å². The van der Waals surface area contributed by atoms with Crippen LogP contribution in [0.1, 0.15) is 52.0 Å². The lowest BCUT2D eigenvalue weighted by Gasteiger charge is -2.21. The molecular weight excluding hydrogens is 480 g/mol. The van der Waals surface area contributed by atoms with Crippen LogP contribution >= 0.6 is 0 Å². The third kappa shape index (κ3) is 6.88. The zero-order valence-corrected chi connectivity index (χ0v) is 20.4. The summed E-state index contributed by atoms with van der Waals surface area (Å²) in [7, 11) is 1.15. The summed E-state index contributed by atoms with van der Waals surface area (Å²) in [5.41, 5.74) is -1.07. The Bertz CT molecular complexity index is 1300. The molecule has 1 heterocycles. The SMILES string of the molecule is COC(=O)C(C)(C)OC(=O)CNC(=O)c1ncc(C(=O)NC(c2ccccc2)c2ccccc2)c(=O)[nH]1. The molecule has 3 rings (SSSR count). The van der Waals surface area contributed by atoms with Crippen molar-refractivity contribution in [3.63, 3.8) is 0 Å². The van der Waals surface area contributed by atoms with Crippen molar-refractivity contribution < 1.29 is 28.7 Å². The van der Waals surface area contributed by atoms with E-state index in [-0.39, 0.29) is 5.56 Å². The molecule has 0 aliphatic heterocycles. The lowest BCUT2D eigenvalue weighted by Crippen LogP contribution is -2.42. The van der Waals surface area contributed by atoms with Gasteiger partial charge in [-0.25, -0.2) is 9.78 Å². The molecule has 11 nitrogen and oxygen atoms in total. The fourth-order valence-corrected chi connectivity index (χ4v) is 3.38. The van der Waals surface area contributed by atoms with Crippen molar-refractivity contribution in [2.45, 2.75) is 25.5 Å². The number of benzene rings is 2. The lowest BCUT2D eigenvalue weighted by atomic mass is 9.98. The lowest BCUT2D eigenvalue weighted by molar-refractivity contribution is -0.175. The van der Waals surface area contributed by atoms with E-state index in [0.29, 0.717) is 0 Å². The Hall–Kier alpha value is -4.80. The number of rotatable bonds is 9. The maximum Gasteiger partial charge on any atom is 0.349 e. The molecule has 3 N–H and O–H groups in total. The van der Waals surface area contributed by atoms with Crippen molar-refractivity contribution in [2.75, 3.05) is 13.7 Å². The summed E-state index contributed by atoms with van der Waals surface area (Å²) in [5.74, 6) is -3.66. The molecular formula is C26H26N4O7. The maximum atomic E-state index is 13.0. The predicted molar refractivity (Wildman–Crippen MR) is 132 cm³/mol. The molecule has 3 aromatic rings. The number of amides is 2. The topological polar surface area (TPSA) is 157 Å². The number of carbonyl (C=O) groups is 4. The minimum Gasteiger partial charge on any atom is -0.466 e. The summed E-state index contributed by atoms with van der Waals surface area (Å²) in [6, 6.07) is 17.9. The molecule has 0 aliphatic carbocycles. The third-order valence-electron chi connectivity index (χ3n) is 5.24. The summed E-state index contributed by atoms with van der Waals surface area (Å²) in [6.07, 6.45) is 0.981. The normalized spacial score (nSPS) is 10.9. The third-order valence-corrected chi connectivity index (χ3v) is 5.24. The molecule has 0 unspecified atom stereocenters. The first-order valence-electron chi connectivity index (χ1n) is 11.2. The van der Waals surface area contributed by atoms with Crippen LogP contribution in [0.15, 0.2) is 71.7 Å². The molecule has 0 aliphatic rings. The van der Waals surface area contributed by atoms with Gasteiger partial charge in [0, 0.05) is 6.20 Å². The Labute approximate surface area is 212 Å². The van der Waals surface area contributed by atoms with Gasteiger partial charge >= 0.3 is 11.9 Å². The van der Waals surface area contributed by atoms with Gasteiger partial charge < -0.3 is 25.1 Å². The van der Waals surface area contributed by atoms with E-state index >= 15 is 0 Å². The zero-order chi connectivity index (χ0) is 27.0. The van der Waals surface area contributed by atoms with Crippen molar-refractivity contribution in [1.29, 1.82) is 0 Å². The van der Waals surface area contributed by atoms with E-state index < -0.39 is 53.3 Å². The van der Waals surface area contributed by atoms with Gasteiger partial charge in [-0.15, -0.1) is 0 Å². The first-order valence-corrected chi connectivity index (χ1v) is 11.2. The van der Waals surface area contributed by atoms with Crippen molar-refractivity contribution in [3.05, 3.63) is 99.7 Å². The number of methoxy groups -OCH3 is 1. The molecule has 192 valence electrons. The maximum absolute atomic E-state index is 13.0. The molecule has 1 aromatic heterocycles. The van der Waals surface area contributed by atoms with Crippen LogP contribution in [0, 0.1) is 0 Å². The average Bonchev–Trinajstić information content (AvgIpc) is 2.90. The van der Waals surface area contributed by atoms with Crippen LogP contribution in [0.25, 0.3) is 0 Å². The highest BCUT2D eigenvalue weighted by molar-refractivity contribution is 5.96. The van der Waals surface area contributed by atoms with Crippen molar-refractivity contribution in [1.82, 2.24) is 20.6 Å². The van der Waals surface area contributed by atoms with Crippen LogP contribution < -0.4 is 16.2 Å². The number of nitrogens with one attached hydrogen (secondary N) is 3. The second kappa shape index (κ2) is 11.8. The Balaban J connectivity index is 1.69. The van der Waals surface area contributed by atoms with Gasteiger partial charge in [0.2, 0.25) is 5.60 Å². The van der Waals surface area contributed by atoms with Gasteiger partial charge in [0.1, 0.15) is 12.1 Å². The summed E-state index contributed by atoms with van der Waals surface area (Å²) in [4.78, 5) is 67.6.